The summed E-state index contributed by atoms with van der Waals surface area (Å²) in [5.74, 6) is -0.0716. The summed E-state index contributed by atoms with van der Waals surface area (Å²) in [6, 6.07) is 0.168. The van der Waals surface area contributed by atoms with Crippen LogP contribution in [0.4, 0.5) is 4.79 Å². The first kappa shape index (κ1) is 16.7. The lowest BCUT2D eigenvalue weighted by molar-refractivity contribution is 0.0927. The van der Waals surface area contributed by atoms with E-state index in [2.05, 4.69) is 15.6 Å². The predicted octanol–water partition coefficient (Wildman–Crippen LogP) is 1.08. The van der Waals surface area contributed by atoms with Crippen LogP contribution < -0.4 is 10.6 Å². The molecule has 0 saturated carbocycles. The Balaban J connectivity index is 1.71. The van der Waals surface area contributed by atoms with Gasteiger partial charge < -0.3 is 20.3 Å². The van der Waals surface area contributed by atoms with Crippen molar-refractivity contribution in [1.29, 1.82) is 0 Å². The number of pyridine rings is 1. The molecule has 0 aliphatic carbocycles. The molecule has 2 amide bonds. The quantitative estimate of drug-likeness (QED) is 0.865. The van der Waals surface area contributed by atoms with Gasteiger partial charge in [-0.05, 0) is 43.9 Å². The summed E-state index contributed by atoms with van der Waals surface area (Å²) in [5.41, 5.74) is 2.54. The third-order valence-corrected chi connectivity index (χ3v) is 4.54. The van der Waals surface area contributed by atoms with Crippen molar-refractivity contribution >= 4 is 12.0 Å². The Hall–Kier alpha value is -2.15. The molecule has 1 unspecified atom stereocenters. The van der Waals surface area contributed by atoms with E-state index < -0.39 is 0 Å². The highest BCUT2D eigenvalue weighted by Gasteiger charge is 2.26. The summed E-state index contributed by atoms with van der Waals surface area (Å²) < 4.78 is 5.05. The highest BCUT2D eigenvalue weighted by Crippen LogP contribution is 2.22. The molecule has 0 bridgehead atoms. The van der Waals surface area contributed by atoms with Gasteiger partial charge in [-0.15, -0.1) is 0 Å². The van der Waals surface area contributed by atoms with Gasteiger partial charge in [-0.2, -0.15) is 0 Å². The molecular formula is C17H24N4O3. The average molecular weight is 332 g/mol. The van der Waals surface area contributed by atoms with Gasteiger partial charge in [0, 0.05) is 31.5 Å². The molecule has 0 aromatic carbocycles. The average Bonchev–Trinajstić information content (AvgIpc) is 2.61. The molecule has 2 N–H and O–H groups in total. The number of fused-ring (bicyclic) bond motifs is 1. The molecule has 7 nitrogen and oxygen atoms in total. The normalized spacial score (nSPS) is 20.2. The van der Waals surface area contributed by atoms with E-state index in [1.165, 1.54) is 0 Å². The highest BCUT2D eigenvalue weighted by molar-refractivity contribution is 5.96. The molecular weight excluding hydrogens is 308 g/mol. The first-order valence-corrected chi connectivity index (χ1v) is 8.58. The van der Waals surface area contributed by atoms with E-state index in [0.717, 1.165) is 37.1 Å². The van der Waals surface area contributed by atoms with Crippen LogP contribution >= 0.6 is 0 Å². The Morgan fingerprint density at radius 3 is 3.08 bits per heavy atom. The van der Waals surface area contributed by atoms with E-state index in [0.29, 0.717) is 31.7 Å². The lowest BCUT2D eigenvalue weighted by Crippen LogP contribution is -2.46. The fraction of sp³-hybridized carbons (Fsp3) is 0.588. The van der Waals surface area contributed by atoms with Crippen LogP contribution in [-0.4, -0.2) is 54.2 Å². The lowest BCUT2D eigenvalue weighted by atomic mass is 9.96. The minimum atomic E-state index is -0.314. The maximum absolute atomic E-state index is 12.6. The number of carbonyl (C=O) groups excluding carboxylic acids is 2. The van der Waals surface area contributed by atoms with Crippen molar-refractivity contribution in [1.82, 2.24) is 20.5 Å². The van der Waals surface area contributed by atoms with Gasteiger partial charge in [0.05, 0.1) is 18.7 Å². The molecule has 1 aromatic rings. The third kappa shape index (κ3) is 3.67. The Morgan fingerprint density at radius 1 is 1.46 bits per heavy atom. The molecule has 0 spiro atoms. The van der Waals surface area contributed by atoms with Crippen LogP contribution in [0.15, 0.2) is 12.4 Å². The molecule has 3 heterocycles. The van der Waals surface area contributed by atoms with Crippen LogP contribution in [0.2, 0.25) is 0 Å². The third-order valence-electron chi connectivity index (χ3n) is 4.54. The Morgan fingerprint density at radius 2 is 2.33 bits per heavy atom. The van der Waals surface area contributed by atoms with E-state index in [4.69, 9.17) is 4.74 Å². The first-order valence-electron chi connectivity index (χ1n) is 8.58. The number of rotatable bonds is 3. The number of hydrogen-bond acceptors (Lipinski definition) is 5. The Bertz CT molecular complexity index is 614. The molecule has 1 atom stereocenters. The Kier molecular flexibility index (Phi) is 5.30. The maximum Gasteiger partial charge on any atom is 0.410 e. The van der Waals surface area contributed by atoms with Gasteiger partial charge in [0.1, 0.15) is 0 Å². The van der Waals surface area contributed by atoms with Crippen LogP contribution in [0, 0.1) is 0 Å². The van der Waals surface area contributed by atoms with Crippen LogP contribution in [0.25, 0.3) is 0 Å². The number of ether oxygens (including phenoxy) is 1. The van der Waals surface area contributed by atoms with E-state index in [9.17, 15) is 9.59 Å². The number of hydrogen-bond donors (Lipinski definition) is 2. The Labute approximate surface area is 141 Å². The van der Waals surface area contributed by atoms with Crippen molar-refractivity contribution in [3.8, 4) is 0 Å². The topological polar surface area (TPSA) is 83.6 Å². The summed E-state index contributed by atoms with van der Waals surface area (Å²) >= 11 is 0. The van der Waals surface area contributed by atoms with E-state index in [1.54, 1.807) is 24.2 Å². The van der Waals surface area contributed by atoms with Crippen LogP contribution in [0.1, 0.15) is 41.3 Å². The summed E-state index contributed by atoms with van der Waals surface area (Å²) in [7, 11) is 0. The predicted molar refractivity (Wildman–Crippen MR) is 88.7 cm³/mol. The van der Waals surface area contributed by atoms with Crippen LogP contribution in [0.5, 0.6) is 0 Å². The zero-order chi connectivity index (χ0) is 16.9. The van der Waals surface area contributed by atoms with Crippen molar-refractivity contribution in [3.05, 3.63) is 29.1 Å². The van der Waals surface area contributed by atoms with Gasteiger partial charge >= 0.3 is 6.09 Å². The van der Waals surface area contributed by atoms with Crippen molar-refractivity contribution in [3.63, 3.8) is 0 Å². The summed E-state index contributed by atoms with van der Waals surface area (Å²) in [6.45, 7) is 4.97. The summed E-state index contributed by atoms with van der Waals surface area (Å²) in [4.78, 5) is 30.4. The number of aromatic nitrogens is 1. The molecule has 7 heteroatoms. The SMILES string of the molecule is CCOC(=O)N1CCc2c(cncc2C(=O)NC2CCCNC2)C1. The smallest absolute Gasteiger partial charge is 0.410 e. The van der Waals surface area contributed by atoms with Gasteiger partial charge in [0.25, 0.3) is 5.91 Å². The summed E-state index contributed by atoms with van der Waals surface area (Å²) in [5, 5.41) is 6.39. The van der Waals surface area contributed by atoms with Gasteiger partial charge in [0.2, 0.25) is 0 Å². The monoisotopic (exact) mass is 332 g/mol. The second-order valence-corrected chi connectivity index (χ2v) is 6.21. The van der Waals surface area contributed by atoms with Gasteiger partial charge in [-0.3, -0.25) is 9.78 Å². The van der Waals surface area contributed by atoms with Gasteiger partial charge in [-0.1, -0.05) is 0 Å². The zero-order valence-corrected chi connectivity index (χ0v) is 14.0. The number of nitrogens with zero attached hydrogens (tertiary/aromatic N) is 2. The van der Waals surface area contributed by atoms with Crippen LogP contribution in [0.3, 0.4) is 0 Å². The van der Waals surface area contributed by atoms with Crippen molar-refractivity contribution < 1.29 is 14.3 Å². The second kappa shape index (κ2) is 7.61. The minimum absolute atomic E-state index is 0.0716. The number of amides is 2. The molecule has 1 fully saturated rings. The molecule has 0 radical (unpaired) electrons. The van der Waals surface area contributed by atoms with E-state index in [-0.39, 0.29) is 18.0 Å². The van der Waals surface area contributed by atoms with E-state index >= 15 is 0 Å². The molecule has 130 valence electrons. The molecule has 1 aromatic heterocycles. The molecule has 2 aliphatic rings. The van der Waals surface area contributed by atoms with Gasteiger partial charge in [-0.25, -0.2) is 4.79 Å². The minimum Gasteiger partial charge on any atom is -0.450 e. The number of nitrogens with one attached hydrogen (secondary N) is 2. The largest absolute Gasteiger partial charge is 0.450 e. The maximum atomic E-state index is 12.6. The molecule has 2 aliphatic heterocycles. The standard InChI is InChI=1S/C17H24N4O3/c1-2-24-17(23)21-7-5-14-12(11-21)8-19-10-15(14)16(22)20-13-4-3-6-18-9-13/h8,10,13,18H,2-7,9,11H2,1H3,(H,20,22). The number of piperidine rings is 1. The fourth-order valence-electron chi connectivity index (χ4n) is 3.30. The van der Waals surface area contributed by atoms with Gasteiger partial charge in [0.15, 0.2) is 0 Å². The van der Waals surface area contributed by atoms with E-state index in [1.807, 2.05) is 0 Å². The lowest BCUT2D eigenvalue weighted by Gasteiger charge is -2.29. The molecule has 24 heavy (non-hydrogen) atoms. The summed E-state index contributed by atoms with van der Waals surface area (Å²) in [6.07, 6.45) is 5.76. The second-order valence-electron chi connectivity index (χ2n) is 6.21. The molecule has 3 rings (SSSR count). The van der Waals surface area contributed by atoms with Crippen molar-refractivity contribution in [2.24, 2.45) is 0 Å². The van der Waals surface area contributed by atoms with Crippen molar-refractivity contribution in [2.75, 3.05) is 26.2 Å². The van der Waals surface area contributed by atoms with Crippen molar-refractivity contribution in [2.45, 2.75) is 38.8 Å². The number of carbonyl (C=O) groups is 2. The first-order chi connectivity index (χ1) is 11.7. The fourth-order valence-corrected chi connectivity index (χ4v) is 3.30. The zero-order valence-electron chi connectivity index (χ0n) is 14.0. The molecule has 1 saturated heterocycles. The van der Waals surface area contributed by atoms with Crippen LogP contribution in [-0.2, 0) is 17.7 Å². The highest BCUT2D eigenvalue weighted by atomic mass is 16.6.